The van der Waals surface area contributed by atoms with Crippen molar-refractivity contribution in [3.8, 4) is 0 Å². The van der Waals surface area contributed by atoms with Crippen LogP contribution in [0.2, 0.25) is 0 Å². The molecule has 0 bridgehead atoms. The zero-order chi connectivity index (χ0) is 14.8. The van der Waals surface area contributed by atoms with Gasteiger partial charge < -0.3 is 19.3 Å². The third-order valence-corrected chi connectivity index (χ3v) is 2.46. The summed E-state index contributed by atoms with van der Waals surface area (Å²) < 4.78 is 41.0. The van der Waals surface area contributed by atoms with E-state index in [1.165, 1.54) is 6.92 Å². The van der Waals surface area contributed by atoms with Gasteiger partial charge >= 0.3 is 12.1 Å². The molecule has 0 fully saturated rings. The number of hydrogen-bond acceptors (Lipinski definition) is 5. The summed E-state index contributed by atoms with van der Waals surface area (Å²) in [5, 5.41) is 2.05. The van der Waals surface area contributed by atoms with Gasteiger partial charge in [0.2, 0.25) is 6.29 Å². The Hall–Kier alpha value is -1.22. The Morgan fingerprint density at radius 2 is 2.05 bits per heavy atom. The van der Waals surface area contributed by atoms with Crippen LogP contribution in [0.15, 0.2) is 0 Å². The lowest BCUT2D eigenvalue weighted by atomic mass is 10.3. The van der Waals surface area contributed by atoms with Crippen molar-refractivity contribution in [2.75, 3.05) is 12.3 Å². The fourth-order valence-corrected chi connectivity index (χ4v) is 1.50. The number of halogens is 1. The molecular weight excluding hydrogens is 281 g/mol. The standard InChI is InChI=1S/C10H18FNO6S/c1-3-4-9(13)17-7(2)18-10(14)12-5-8(11)6-19(15)16/h7-8H,3-6H2,1-2H3,(H,12,14)(H,15,16)/t7?,8-/m1/s1. The Morgan fingerprint density at radius 3 is 2.58 bits per heavy atom. The predicted octanol–water partition coefficient (Wildman–Crippen LogP) is 0.962. The highest BCUT2D eigenvalue weighted by molar-refractivity contribution is 7.79. The molecular formula is C10H18FNO6S. The quantitative estimate of drug-likeness (QED) is 0.393. The topological polar surface area (TPSA) is 102 Å². The summed E-state index contributed by atoms with van der Waals surface area (Å²) in [5.74, 6) is -1.09. The third-order valence-electron chi connectivity index (χ3n) is 1.82. The Bertz CT molecular complexity index is 327. The second-order valence-electron chi connectivity index (χ2n) is 3.68. The summed E-state index contributed by atoms with van der Waals surface area (Å²) in [5.41, 5.74) is 0. The van der Waals surface area contributed by atoms with Gasteiger partial charge in [0.25, 0.3) is 0 Å². The van der Waals surface area contributed by atoms with Gasteiger partial charge in [-0.1, -0.05) is 6.92 Å². The number of carbonyl (C=O) groups excluding carboxylic acids is 2. The van der Waals surface area contributed by atoms with E-state index in [1.807, 2.05) is 0 Å². The number of alkyl halides is 1. The normalized spacial score (nSPS) is 15.2. The summed E-state index contributed by atoms with van der Waals surface area (Å²) in [6.07, 6.45) is -2.88. The van der Waals surface area contributed by atoms with Crippen LogP contribution in [0.1, 0.15) is 26.7 Å². The molecule has 1 amide bonds. The van der Waals surface area contributed by atoms with Gasteiger partial charge in [-0.05, 0) is 6.42 Å². The van der Waals surface area contributed by atoms with Gasteiger partial charge in [-0.3, -0.25) is 4.79 Å². The Labute approximate surface area is 113 Å². The fourth-order valence-electron chi connectivity index (χ4n) is 1.07. The molecule has 112 valence electrons. The van der Waals surface area contributed by atoms with Crippen molar-refractivity contribution in [3.63, 3.8) is 0 Å². The van der Waals surface area contributed by atoms with Gasteiger partial charge in [-0.25, -0.2) is 13.4 Å². The van der Waals surface area contributed by atoms with Crippen LogP contribution in [0.4, 0.5) is 9.18 Å². The maximum absolute atomic E-state index is 13.0. The molecule has 0 aromatic carbocycles. The molecule has 0 saturated heterocycles. The lowest BCUT2D eigenvalue weighted by molar-refractivity contribution is -0.164. The zero-order valence-corrected chi connectivity index (χ0v) is 11.6. The first-order valence-corrected chi connectivity index (χ1v) is 6.98. The van der Waals surface area contributed by atoms with Crippen LogP contribution in [0, 0.1) is 0 Å². The van der Waals surface area contributed by atoms with Crippen molar-refractivity contribution in [2.24, 2.45) is 0 Å². The number of carbonyl (C=O) groups is 2. The van der Waals surface area contributed by atoms with Crippen LogP contribution in [0.5, 0.6) is 0 Å². The third kappa shape index (κ3) is 10.4. The predicted molar refractivity (Wildman–Crippen MR) is 65.5 cm³/mol. The van der Waals surface area contributed by atoms with Crippen molar-refractivity contribution < 1.29 is 32.2 Å². The van der Waals surface area contributed by atoms with Gasteiger partial charge in [0.15, 0.2) is 11.1 Å². The van der Waals surface area contributed by atoms with E-state index in [2.05, 4.69) is 10.1 Å². The minimum atomic E-state index is -2.27. The van der Waals surface area contributed by atoms with Crippen molar-refractivity contribution in [1.29, 1.82) is 0 Å². The molecule has 9 heteroatoms. The van der Waals surface area contributed by atoms with E-state index >= 15 is 0 Å². The average Bonchev–Trinajstić information content (AvgIpc) is 2.25. The lowest BCUT2D eigenvalue weighted by Crippen LogP contribution is -2.35. The number of esters is 1. The molecule has 0 aliphatic rings. The molecule has 0 rings (SSSR count). The van der Waals surface area contributed by atoms with Crippen molar-refractivity contribution in [3.05, 3.63) is 0 Å². The van der Waals surface area contributed by atoms with Crippen LogP contribution in [0.3, 0.4) is 0 Å². The van der Waals surface area contributed by atoms with Crippen molar-refractivity contribution in [1.82, 2.24) is 5.32 Å². The van der Waals surface area contributed by atoms with Crippen molar-refractivity contribution >= 4 is 23.1 Å². The Kier molecular flexibility index (Phi) is 9.06. The molecule has 3 atom stereocenters. The first-order chi connectivity index (χ1) is 8.85. The highest BCUT2D eigenvalue weighted by atomic mass is 32.2. The van der Waals surface area contributed by atoms with E-state index in [0.717, 1.165) is 0 Å². The Balaban J connectivity index is 3.84. The second kappa shape index (κ2) is 9.68. The van der Waals surface area contributed by atoms with E-state index in [-0.39, 0.29) is 6.42 Å². The van der Waals surface area contributed by atoms with E-state index < -0.39 is 47.9 Å². The highest BCUT2D eigenvalue weighted by Gasteiger charge is 2.16. The van der Waals surface area contributed by atoms with Crippen LogP contribution in [0.25, 0.3) is 0 Å². The summed E-state index contributed by atoms with van der Waals surface area (Å²) in [6.45, 7) is 2.69. The summed E-state index contributed by atoms with van der Waals surface area (Å²) in [6, 6.07) is 0. The van der Waals surface area contributed by atoms with Gasteiger partial charge in [-0.2, -0.15) is 0 Å². The van der Waals surface area contributed by atoms with Gasteiger partial charge in [0, 0.05) is 13.3 Å². The zero-order valence-electron chi connectivity index (χ0n) is 10.8. The van der Waals surface area contributed by atoms with Gasteiger partial charge in [0.05, 0.1) is 12.3 Å². The number of rotatable bonds is 8. The molecule has 0 saturated carbocycles. The SMILES string of the molecule is CCCC(=O)OC(C)OC(=O)NC[C@@H](F)CS(=O)O. The molecule has 0 aromatic rings. The van der Waals surface area contributed by atoms with Gasteiger partial charge in [0.1, 0.15) is 6.17 Å². The smallest absolute Gasteiger partial charge is 0.410 e. The molecule has 2 unspecified atom stereocenters. The molecule has 0 aromatic heterocycles. The van der Waals surface area contributed by atoms with E-state index in [1.54, 1.807) is 6.92 Å². The Morgan fingerprint density at radius 1 is 1.42 bits per heavy atom. The van der Waals surface area contributed by atoms with Crippen LogP contribution in [-0.4, -0.2) is 45.6 Å². The summed E-state index contributed by atoms with van der Waals surface area (Å²) in [4.78, 5) is 22.2. The first kappa shape index (κ1) is 17.8. The maximum Gasteiger partial charge on any atom is 0.410 e. The maximum atomic E-state index is 13.0. The number of nitrogens with one attached hydrogen (secondary N) is 1. The molecule has 0 radical (unpaired) electrons. The van der Waals surface area contributed by atoms with E-state index in [4.69, 9.17) is 9.29 Å². The lowest BCUT2D eigenvalue weighted by Gasteiger charge is -2.15. The van der Waals surface area contributed by atoms with Crippen molar-refractivity contribution in [2.45, 2.75) is 39.2 Å². The van der Waals surface area contributed by atoms with E-state index in [0.29, 0.717) is 6.42 Å². The molecule has 0 aliphatic heterocycles. The minimum absolute atomic E-state index is 0.212. The number of amides is 1. The molecule has 0 aliphatic carbocycles. The monoisotopic (exact) mass is 299 g/mol. The summed E-state index contributed by atoms with van der Waals surface area (Å²) in [7, 11) is 0. The van der Waals surface area contributed by atoms with E-state index in [9.17, 15) is 18.2 Å². The van der Waals surface area contributed by atoms with Crippen LogP contribution < -0.4 is 5.32 Å². The van der Waals surface area contributed by atoms with Crippen LogP contribution in [-0.2, 0) is 25.3 Å². The number of hydrogen-bond donors (Lipinski definition) is 2. The molecule has 19 heavy (non-hydrogen) atoms. The first-order valence-electron chi connectivity index (χ1n) is 5.70. The molecule has 0 spiro atoms. The van der Waals surface area contributed by atoms with Gasteiger partial charge in [-0.15, -0.1) is 0 Å². The van der Waals surface area contributed by atoms with Crippen LogP contribution >= 0.6 is 0 Å². The average molecular weight is 299 g/mol. The number of ether oxygens (including phenoxy) is 2. The fraction of sp³-hybridized carbons (Fsp3) is 0.800. The highest BCUT2D eigenvalue weighted by Crippen LogP contribution is 1.99. The molecule has 7 nitrogen and oxygen atoms in total. The largest absolute Gasteiger partial charge is 0.425 e. The minimum Gasteiger partial charge on any atom is -0.425 e. The molecule has 0 heterocycles. The number of alkyl carbamates (subject to hydrolysis) is 1. The molecule has 2 N–H and O–H groups in total. The second-order valence-corrected chi connectivity index (χ2v) is 4.66. The summed E-state index contributed by atoms with van der Waals surface area (Å²) >= 11 is -2.27.